The fourth-order valence-electron chi connectivity index (χ4n) is 2.62. The third kappa shape index (κ3) is 3.36. The van der Waals surface area contributed by atoms with E-state index in [1.54, 1.807) is 0 Å². The number of carbonyl (C=O) groups is 2. The molecule has 0 bridgehead atoms. The minimum atomic E-state index is -0.940. The highest BCUT2D eigenvalue weighted by atomic mass is 16.4. The Bertz CT molecular complexity index is 475. The van der Waals surface area contributed by atoms with Gasteiger partial charge in [0.05, 0.1) is 6.04 Å². The first-order valence-electron chi connectivity index (χ1n) is 6.92. The van der Waals surface area contributed by atoms with Crippen molar-refractivity contribution in [3.8, 4) is 0 Å². The maximum Gasteiger partial charge on any atom is 0.326 e. The van der Waals surface area contributed by atoms with Crippen molar-refractivity contribution in [1.82, 2.24) is 4.90 Å². The fraction of sp³-hybridized carbons (Fsp3) is 0.467. The zero-order valence-corrected chi connectivity index (χ0v) is 11.4. The molecule has 0 saturated carbocycles. The number of hydrogen-bond acceptors (Lipinski definition) is 3. The molecule has 0 spiro atoms. The molecule has 1 fully saturated rings. The summed E-state index contributed by atoms with van der Waals surface area (Å²) in [5.41, 5.74) is 6.94. The lowest BCUT2D eigenvalue weighted by Gasteiger charge is -2.34. The number of aliphatic carboxylic acids is 1. The number of carbonyl (C=O) groups excluding carboxylic acids is 1. The van der Waals surface area contributed by atoms with Gasteiger partial charge in [0.1, 0.15) is 6.04 Å². The summed E-state index contributed by atoms with van der Waals surface area (Å²) >= 11 is 0. The van der Waals surface area contributed by atoms with Gasteiger partial charge in [-0.05, 0) is 31.2 Å². The van der Waals surface area contributed by atoms with Crippen LogP contribution in [0.5, 0.6) is 0 Å². The predicted octanol–water partition coefficient (Wildman–Crippen LogP) is 1.02. The summed E-state index contributed by atoms with van der Waals surface area (Å²) in [6, 6.07) is 8.12. The maximum absolute atomic E-state index is 12.4. The fourth-order valence-corrected chi connectivity index (χ4v) is 2.62. The summed E-state index contributed by atoms with van der Waals surface area (Å²) in [7, 11) is 0. The third-order valence-electron chi connectivity index (χ3n) is 3.69. The van der Waals surface area contributed by atoms with Gasteiger partial charge >= 0.3 is 5.97 Å². The third-order valence-corrected chi connectivity index (χ3v) is 3.69. The van der Waals surface area contributed by atoms with E-state index in [1.165, 1.54) is 4.90 Å². The van der Waals surface area contributed by atoms with E-state index in [9.17, 15) is 14.7 Å². The van der Waals surface area contributed by atoms with Crippen LogP contribution in [0, 0.1) is 0 Å². The molecule has 1 aliphatic rings. The Balaban J connectivity index is 2.03. The summed E-state index contributed by atoms with van der Waals surface area (Å²) in [6.45, 7) is 0.484. The van der Waals surface area contributed by atoms with E-state index in [4.69, 9.17) is 5.73 Å². The molecule has 3 N–H and O–H groups in total. The lowest BCUT2D eigenvalue weighted by molar-refractivity contribution is -0.152. The molecule has 1 aromatic rings. The highest BCUT2D eigenvalue weighted by Crippen LogP contribution is 2.18. The van der Waals surface area contributed by atoms with Crippen molar-refractivity contribution in [3.63, 3.8) is 0 Å². The lowest BCUT2D eigenvalue weighted by atomic mass is 9.99. The number of rotatable bonds is 4. The topological polar surface area (TPSA) is 83.6 Å². The van der Waals surface area contributed by atoms with Crippen LogP contribution < -0.4 is 5.73 Å². The van der Waals surface area contributed by atoms with Crippen molar-refractivity contribution in [1.29, 1.82) is 0 Å². The minimum Gasteiger partial charge on any atom is -0.480 e. The van der Waals surface area contributed by atoms with Gasteiger partial charge in [0.25, 0.3) is 0 Å². The number of nitrogens with two attached hydrogens (primary N) is 1. The number of carboxylic acid groups (broad SMARTS) is 1. The predicted molar refractivity (Wildman–Crippen MR) is 75.1 cm³/mol. The summed E-state index contributed by atoms with van der Waals surface area (Å²) in [6.07, 6.45) is 2.63. The highest BCUT2D eigenvalue weighted by molar-refractivity contribution is 5.87. The normalized spacial score (nSPS) is 20.4. The SMILES string of the molecule is N[C@@H](Cc1ccccc1)C(=O)N1CCCC[C@H]1C(=O)O. The van der Waals surface area contributed by atoms with E-state index in [2.05, 4.69) is 0 Å². The van der Waals surface area contributed by atoms with E-state index in [-0.39, 0.29) is 5.91 Å². The smallest absolute Gasteiger partial charge is 0.326 e. The highest BCUT2D eigenvalue weighted by Gasteiger charge is 2.34. The molecule has 1 saturated heterocycles. The van der Waals surface area contributed by atoms with Gasteiger partial charge in [-0.3, -0.25) is 4.79 Å². The Morgan fingerprint density at radius 1 is 1.30 bits per heavy atom. The maximum atomic E-state index is 12.4. The Hall–Kier alpha value is -1.88. The summed E-state index contributed by atoms with van der Waals surface area (Å²) < 4.78 is 0. The summed E-state index contributed by atoms with van der Waals surface area (Å²) in [4.78, 5) is 25.0. The van der Waals surface area contributed by atoms with Gasteiger partial charge in [-0.25, -0.2) is 4.79 Å². The number of nitrogens with zero attached hydrogens (tertiary/aromatic N) is 1. The first-order valence-corrected chi connectivity index (χ1v) is 6.92. The van der Waals surface area contributed by atoms with Crippen molar-refractivity contribution in [2.75, 3.05) is 6.54 Å². The Morgan fingerprint density at radius 3 is 2.65 bits per heavy atom. The second-order valence-corrected chi connectivity index (χ2v) is 5.18. The van der Waals surface area contributed by atoms with Crippen LogP contribution in [0.25, 0.3) is 0 Å². The van der Waals surface area contributed by atoms with Crippen molar-refractivity contribution < 1.29 is 14.7 Å². The lowest BCUT2D eigenvalue weighted by Crippen LogP contribution is -2.54. The monoisotopic (exact) mass is 276 g/mol. The molecule has 20 heavy (non-hydrogen) atoms. The largest absolute Gasteiger partial charge is 0.480 e. The summed E-state index contributed by atoms with van der Waals surface area (Å²) in [5.74, 6) is -1.20. The molecular formula is C15H20N2O3. The van der Waals surface area contributed by atoms with Crippen molar-refractivity contribution >= 4 is 11.9 Å². The second kappa shape index (κ2) is 6.52. The van der Waals surface area contributed by atoms with Crippen molar-refractivity contribution in [2.45, 2.75) is 37.8 Å². The van der Waals surface area contributed by atoms with E-state index in [0.29, 0.717) is 19.4 Å². The zero-order chi connectivity index (χ0) is 14.5. The van der Waals surface area contributed by atoms with Gasteiger partial charge in [-0.15, -0.1) is 0 Å². The first-order chi connectivity index (χ1) is 9.59. The summed E-state index contributed by atoms with van der Waals surface area (Å²) in [5, 5.41) is 9.19. The molecule has 1 aliphatic heterocycles. The molecule has 0 radical (unpaired) electrons. The molecule has 2 rings (SSSR count). The van der Waals surface area contributed by atoms with E-state index in [0.717, 1.165) is 18.4 Å². The molecule has 1 heterocycles. The van der Waals surface area contributed by atoms with Crippen LogP contribution in [0.1, 0.15) is 24.8 Å². The van der Waals surface area contributed by atoms with Crippen LogP contribution in [-0.2, 0) is 16.0 Å². The number of hydrogen-bond donors (Lipinski definition) is 2. The van der Waals surface area contributed by atoms with Crippen molar-refractivity contribution in [3.05, 3.63) is 35.9 Å². The molecule has 5 nitrogen and oxygen atoms in total. The van der Waals surface area contributed by atoms with Gasteiger partial charge in [0.15, 0.2) is 0 Å². The molecule has 0 aromatic heterocycles. The zero-order valence-electron chi connectivity index (χ0n) is 11.4. The van der Waals surface area contributed by atoms with Crippen molar-refractivity contribution in [2.24, 2.45) is 5.73 Å². The molecule has 1 aromatic carbocycles. The average molecular weight is 276 g/mol. The van der Waals surface area contributed by atoms with Gasteiger partial charge in [0, 0.05) is 6.54 Å². The van der Waals surface area contributed by atoms with Crippen LogP contribution in [0.15, 0.2) is 30.3 Å². The number of benzene rings is 1. The molecule has 1 amide bonds. The number of carboxylic acids is 1. The van der Waals surface area contributed by atoms with Crippen LogP contribution in [0.2, 0.25) is 0 Å². The first kappa shape index (κ1) is 14.5. The Kier molecular flexibility index (Phi) is 4.74. The molecular weight excluding hydrogens is 256 g/mol. The number of likely N-dealkylation sites (tertiary alicyclic amines) is 1. The second-order valence-electron chi connectivity index (χ2n) is 5.18. The van der Waals surface area contributed by atoms with Gasteiger partial charge in [-0.2, -0.15) is 0 Å². The van der Waals surface area contributed by atoms with Crippen LogP contribution in [-0.4, -0.2) is 40.5 Å². The number of piperidine rings is 1. The van der Waals surface area contributed by atoms with E-state index < -0.39 is 18.1 Å². The Labute approximate surface area is 118 Å². The van der Waals surface area contributed by atoms with E-state index in [1.807, 2.05) is 30.3 Å². The van der Waals surface area contributed by atoms with Crippen LogP contribution >= 0.6 is 0 Å². The minimum absolute atomic E-state index is 0.263. The standard InChI is InChI=1S/C15H20N2O3/c16-12(10-11-6-2-1-3-7-11)14(18)17-9-5-4-8-13(17)15(19)20/h1-3,6-7,12-13H,4-5,8-10,16H2,(H,19,20)/t12-,13-/m0/s1. The van der Waals surface area contributed by atoms with Gasteiger partial charge < -0.3 is 15.7 Å². The number of amides is 1. The molecule has 0 unspecified atom stereocenters. The Morgan fingerprint density at radius 2 is 2.00 bits per heavy atom. The van der Waals surface area contributed by atoms with Crippen LogP contribution in [0.3, 0.4) is 0 Å². The molecule has 2 atom stereocenters. The average Bonchev–Trinajstić information content (AvgIpc) is 2.47. The molecule has 5 heteroatoms. The van der Waals surface area contributed by atoms with Gasteiger partial charge in [0.2, 0.25) is 5.91 Å². The van der Waals surface area contributed by atoms with E-state index >= 15 is 0 Å². The quantitative estimate of drug-likeness (QED) is 0.860. The van der Waals surface area contributed by atoms with Gasteiger partial charge in [-0.1, -0.05) is 30.3 Å². The molecule has 108 valence electrons. The van der Waals surface area contributed by atoms with Crippen LogP contribution in [0.4, 0.5) is 0 Å². The molecule has 0 aliphatic carbocycles.